The first kappa shape index (κ1) is 23.8. The Morgan fingerprint density at radius 1 is 1.15 bits per heavy atom. The SMILES string of the molecule is C#CCOc1ccc2ccccc2c1C=NNC(=O)C(NC(=O)c1cccc(Cl)c1)C(C)C. The fourth-order valence-electron chi connectivity index (χ4n) is 3.27. The first-order chi connectivity index (χ1) is 15.9. The minimum Gasteiger partial charge on any atom is -0.480 e. The van der Waals surface area contributed by atoms with E-state index in [0.717, 1.165) is 10.8 Å². The Kier molecular flexibility index (Phi) is 8.06. The molecule has 0 radical (unpaired) electrons. The van der Waals surface area contributed by atoms with Crippen molar-refractivity contribution in [1.82, 2.24) is 10.7 Å². The topological polar surface area (TPSA) is 79.8 Å². The standard InChI is InChI=1S/C26H24ClN3O3/c1-4-14-33-23-13-12-18-8-5-6-11-21(18)22(23)16-28-30-26(32)24(17(2)3)29-25(31)19-9-7-10-20(27)15-19/h1,5-13,15-17,24H,14H2,2-3H3,(H,29,31)(H,30,32). The van der Waals surface area contributed by atoms with Crippen LogP contribution in [0.3, 0.4) is 0 Å². The molecule has 3 rings (SSSR count). The number of carbonyl (C=O) groups excluding carboxylic acids is 2. The van der Waals surface area contributed by atoms with E-state index in [1.165, 1.54) is 6.21 Å². The minimum atomic E-state index is -0.793. The predicted molar refractivity (Wildman–Crippen MR) is 132 cm³/mol. The third-order valence-corrected chi connectivity index (χ3v) is 5.17. The van der Waals surface area contributed by atoms with Crippen LogP contribution in [0.25, 0.3) is 10.8 Å². The van der Waals surface area contributed by atoms with Gasteiger partial charge in [-0.1, -0.05) is 67.8 Å². The summed E-state index contributed by atoms with van der Waals surface area (Å²) in [7, 11) is 0. The van der Waals surface area contributed by atoms with Crippen LogP contribution in [0.1, 0.15) is 29.8 Å². The number of ether oxygens (including phenoxy) is 1. The summed E-state index contributed by atoms with van der Waals surface area (Å²) in [6, 6.07) is 17.2. The molecule has 0 aliphatic rings. The van der Waals surface area contributed by atoms with Crippen LogP contribution in [-0.4, -0.2) is 30.7 Å². The van der Waals surface area contributed by atoms with Gasteiger partial charge in [0.05, 0.1) is 6.21 Å². The summed E-state index contributed by atoms with van der Waals surface area (Å²) < 4.78 is 5.64. The molecule has 168 valence electrons. The van der Waals surface area contributed by atoms with Gasteiger partial charge in [-0.15, -0.1) is 6.42 Å². The van der Waals surface area contributed by atoms with Crippen molar-refractivity contribution in [3.8, 4) is 18.1 Å². The van der Waals surface area contributed by atoms with Crippen LogP contribution in [0.4, 0.5) is 0 Å². The van der Waals surface area contributed by atoms with Gasteiger partial charge < -0.3 is 10.1 Å². The maximum Gasteiger partial charge on any atom is 0.262 e. The van der Waals surface area contributed by atoms with Gasteiger partial charge >= 0.3 is 0 Å². The highest BCUT2D eigenvalue weighted by molar-refractivity contribution is 6.31. The summed E-state index contributed by atoms with van der Waals surface area (Å²) in [6.45, 7) is 3.78. The van der Waals surface area contributed by atoms with E-state index in [1.54, 1.807) is 24.3 Å². The molecule has 6 nitrogen and oxygen atoms in total. The van der Waals surface area contributed by atoms with Crippen LogP contribution in [0.5, 0.6) is 5.75 Å². The lowest BCUT2D eigenvalue weighted by Crippen LogP contribution is -2.48. The van der Waals surface area contributed by atoms with Gasteiger partial charge in [0, 0.05) is 16.1 Å². The number of terminal acetylenes is 1. The second kappa shape index (κ2) is 11.2. The zero-order chi connectivity index (χ0) is 23.8. The molecule has 0 heterocycles. The summed E-state index contributed by atoms with van der Waals surface area (Å²) in [4.78, 5) is 25.4. The van der Waals surface area contributed by atoms with Crippen LogP contribution in [-0.2, 0) is 4.79 Å². The van der Waals surface area contributed by atoms with Crippen molar-refractivity contribution in [3.05, 3.63) is 76.8 Å². The number of hydrogen-bond acceptors (Lipinski definition) is 4. The van der Waals surface area contributed by atoms with Gasteiger partial charge in [0.15, 0.2) is 0 Å². The largest absolute Gasteiger partial charge is 0.480 e. The van der Waals surface area contributed by atoms with E-state index in [1.807, 2.05) is 50.2 Å². The van der Waals surface area contributed by atoms with E-state index >= 15 is 0 Å². The highest BCUT2D eigenvalue weighted by Crippen LogP contribution is 2.26. The quantitative estimate of drug-likeness (QED) is 0.296. The molecule has 1 unspecified atom stereocenters. The fourth-order valence-corrected chi connectivity index (χ4v) is 3.46. The Morgan fingerprint density at radius 3 is 2.67 bits per heavy atom. The molecule has 7 heteroatoms. The summed E-state index contributed by atoms with van der Waals surface area (Å²) in [6.07, 6.45) is 6.84. The predicted octanol–water partition coefficient (Wildman–Crippen LogP) is 4.41. The Hall–Kier alpha value is -3.82. The van der Waals surface area contributed by atoms with Gasteiger partial charge in [-0.25, -0.2) is 5.43 Å². The normalized spacial score (nSPS) is 11.8. The lowest BCUT2D eigenvalue weighted by Gasteiger charge is -2.20. The van der Waals surface area contributed by atoms with E-state index in [0.29, 0.717) is 21.9 Å². The van der Waals surface area contributed by atoms with Gasteiger partial charge in [-0.05, 0) is 41.0 Å². The number of rotatable bonds is 8. The van der Waals surface area contributed by atoms with E-state index in [-0.39, 0.29) is 12.5 Å². The van der Waals surface area contributed by atoms with Crippen molar-refractivity contribution in [2.45, 2.75) is 19.9 Å². The minimum absolute atomic E-state index is 0.108. The van der Waals surface area contributed by atoms with Gasteiger partial charge in [0.1, 0.15) is 18.4 Å². The summed E-state index contributed by atoms with van der Waals surface area (Å²) >= 11 is 5.96. The highest BCUT2D eigenvalue weighted by Gasteiger charge is 2.24. The number of nitrogens with one attached hydrogen (secondary N) is 2. The van der Waals surface area contributed by atoms with Crippen LogP contribution in [0.15, 0.2) is 65.8 Å². The molecule has 0 bridgehead atoms. The molecule has 3 aromatic carbocycles. The Labute approximate surface area is 198 Å². The third kappa shape index (κ3) is 6.12. The van der Waals surface area contributed by atoms with Crippen molar-refractivity contribution in [1.29, 1.82) is 0 Å². The molecule has 0 saturated carbocycles. The molecule has 2 amide bonds. The molecule has 33 heavy (non-hydrogen) atoms. The van der Waals surface area contributed by atoms with Crippen molar-refractivity contribution in [3.63, 3.8) is 0 Å². The van der Waals surface area contributed by atoms with Crippen molar-refractivity contribution >= 4 is 40.4 Å². The van der Waals surface area contributed by atoms with Crippen LogP contribution in [0, 0.1) is 18.3 Å². The van der Waals surface area contributed by atoms with Crippen molar-refractivity contribution in [2.24, 2.45) is 11.0 Å². The molecular formula is C26H24ClN3O3. The Morgan fingerprint density at radius 2 is 1.94 bits per heavy atom. The maximum absolute atomic E-state index is 12.8. The van der Waals surface area contributed by atoms with E-state index in [2.05, 4.69) is 21.8 Å². The summed E-state index contributed by atoms with van der Waals surface area (Å²) in [5, 5.41) is 9.21. The zero-order valence-electron chi connectivity index (χ0n) is 18.3. The second-order valence-electron chi connectivity index (χ2n) is 7.63. The number of benzene rings is 3. The van der Waals surface area contributed by atoms with Gasteiger partial charge in [0.25, 0.3) is 11.8 Å². The number of nitrogens with zero attached hydrogens (tertiary/aromatic N) is 1. The number of fused-ring (bicyclic) bond motifs is 1. The average molecular weight is 462 g/mol. The van der Waals surface area contributed by atoms with Gasteiger partial charge in [-0.3, -0.25) is 9.59 Å². The first-order valence-corrected chi connectivity index (χ1v) is 10.8. The van der Waals surface area contributed by atoms with Gasteiger partial charge in [0.2, 0.25) is 0 Å². The highest BCUT2D eigenvalue weighted by atomic mass is 35.5. The smallest absolute Gasteiger partial charge is 0.262 e. The van der Waals surface area contributed by atoms with Crippen LogP contribution >= 0.6 is 11.6 Å². The van der Waals surface area contributed by atoms with Crippen LogP contribution < -0.4 is 15.5 Å². The van der Waals surface area contributed by atoms with Gasteiger partial charge in [-0.2, -0.15) is 5.10 Å². The lowest BCUT2D eigenvalue weighted by molar-refractivity contribution is -0.123. The number of amides is 2. The molecule has 0 fully saturated rings. The molecule has 3 aromatic rings. The second-order valence-corrected chi connectivity index (χ2v) is 8.07. The van der Waals surface area contributed by atoms with E-state index in [9.17, 15) is 9.59 Å². The fraction of sp³-hybridized carbons (Fsp3) is 0.192. The molecule has 1 atom stereocenters. The molecule has 0 spiro atoms. The lowest BCUT2D eigenvalue weighted by atomic mass is 10.0. The van der Waals surface area contributed by atoms with Crippen molar-refractivity contribution in [2.75, 3.05) is 6.61 Å². The molecule has 0 aliphatic heterocycles. The molecule has 0 aromatic heterocycles. The number of carbonyl (C=O) groups is 2. The zero-order valence-corrected chi connectivity index (χ0v) is 19.1. The first-order valence-electron chi connectivity index (χ1n) is 10.4. The number of hydrogen-bond donors (Lipinski definition) is 2. The Balaban J connectivity index is 1.78. The van der Waals surface area contributed by atoms with Crippen LogP contribution in [0.2, 0.25) is 5.02 Å². The third-order valence-electron chi connectivity index (χ3n) is 4.93. The van der Waals surface area contributed by atoms with Crippen molar-refractivity contribution < 1.29 is 14.3 Å². The average Bonchev–Trinajstić information content (AvgIpc) is 2.81. The summed E-state index contributed by atoms with van der Waals surface area (Å²) in [5.41, 5.74) is 3.58. The number of halogens is 1. The monoisotopic (exact) mass is 461 g/mol. The molecule has 0 aliphatic carbocycles. The molecular weight excluding hydrogens is 438 g/mol. The molecule has 2 N–H and O–H groups in total. The number of hydrazone groups is 1. The maximum atomic E-state index is 12.8. The van der Waals surface area contributed by atoms with E-state index in [4.69, 9.17) is 22.8 Å². The Bertz CT molecular complexity index is 1230. The molecule has 0 saturated heterocycles. The summed E-state index contributed by atoms with van der Waals surface area (Å²) in [5.74, 6) is 1.99. The van der Waals surface area contributed by atoms with E-state index < -0.39 is 17.9 Å².